The van der Waals surface area contributed by atoms with E-state index in [1.807, 2.05) is 24.3 Å². The Morgan fingerprint density at radius 1 is 1.15 bits per heavy atom. The van der Waals surface area contributed by atoms with Crippen molar-refractivity contribution >= 4 is 5.91 Å². The summed E-state index contributed by atoms with van der Waals surface area (Å²) in [5, 5.41) is 2.99. The molecule has 110 valence electrons. The first kappa shape index (κ1) is 15.0. The molecule has 0 spiro atoms. The standard InChI is InChI=1S/C17H26N2O/c18-13-15-8-10-16(11-9-15)17(20)19-12-4-3-7-14-5-1-2-6-14/h8-11,14H,1-7,12-13,18H2,(H,19,20). The average molecular weight is 274 g/mol. The number of hydrogen-bond donors (Lipinski definition) is 2. The van der Waals surface area contributed by atoms with E-state index in [0.717, 1.165) is 30.0 Å². The quantitative estimate of drug-likeness (QED) is 0.750. The van der Waals surface area contributed by atoms with Crippen molar-refractivity contribution in [3.63, 3.8) is 0 Å². The van der Waals surface area contributed by atoms with Gasteiger partial charge >= 0.3 is 0 Å². The zero-order valence-corrected chi connectivity index (χ0v) is 12.2. The smallest absolute Gasteiger partial charge is 0.251 e. The topological polar surface area (TPSA) is 55.1 Å². The van der Waals surface area contributed by atoms with E-state index in [1.54, 1.807) is 0 Å². The highest BCUT2D eigenvalue weighted by Crippen LogP contribution is 2.28. The summed E-state index contributed by atoms with van der Waals surface area (Å²) in [6.45, 7) is 1.30. The van der Waals surface area contributed by atoms with Crippen molar-refractivity contribution in [2.45, 2.75) is 51.5 Å². The van der Waals surface area contributed by atoms with Crippen LogP contribution in [0.15, 0.2) is 24.3 Å². The van der Waals surface area contributed by atoms with Gasteiger partial charge < -0.3 is 11.1 Å². The van der Waals surface area contributed by atoms with Gasteiger partial charge in [0.05, 0.1) is 0 Å². The molecule has 1 aromatic rings. The van der Waals surface area contributed by atoms with Crippen molar-refractivity contribution in [2.75, 3.05) is 6.54 Å². The minimum absolute atomic E-state index is 0.0226. The van der Waals surface area contributed by atoms with E-state index < -0.39 is 0 Å². The lowest BCUT2D eigenvalue weighted by Gasteiger charge is -2.09. The van der Waals surface area contributed by atoms with Gasteiger partial charge in [0.25, 0.3) is 5.91 Å². The van der Waals surface area contributed by atoms with Crippen LogP contribution in [0.25, 0.3) is 0 Å². The first-order chi connectivity index (χ1) is 9.79. The number of nitrogens with two attached hydrogens (primary N) is 1. The molecular weight excluding hydrogens is 248 g/mol. The van der Waals surface area contributed by atoms with E-state index in [2.05, 4.69) is 5.32 Å². The lowest BCUT2D eigenvalue weighted by atomic mass is 10.0. The zero-order chi connectivity index (χ0) is 14.2. The van der Waals surface area contributed by atoms with Crippen molar-refractivity contribution in [1.29, 1.82) is 0 Å². The highest BCUT2D eigenvalue weighted by Gasteiger charge is 2.14. The SMILES string of the molecule is NCc1ccc(C(=O)NCCCCC2CCCC2)cc1. The number of hydrogen-bond acceptors (Lipinski definition) is 2. The molecule has 3 N–H and O–H groups in total. The van der Waals surface area contributed by atoms with Crippen molar-refractivity contribution in [3.05, 3.63) is 35.4 Å². The van der Waals surface area contributed by atoms with Crippen LogP contribution < -0.4 is 11.1 Å². The molecule has 0 aromatic heterocycles. The summed E-state index contributed by atoms with van der Waals surface area (Å²) in [5.41, 5.74) is 7.31. The maximum Gasteiger partial charge on any atom is 0.251 e. The first-order valence-corrected chi connectivity index (χ1v) is 7.87. The van der Waals surface area contributed by atoms with Gasteiger partial charge in [0, 0.05) is 18.7 Å². The third kappa shape index (κ3) is 4.64. The van der Waals surface area contributed by atoms with Crippen LogP contribution in [0.2, 0.25) is 0 Å². The van der Waals surface area contributed by atoms with Gasteiger partial charge in [-0.3, -0.25) is 4.79 Å². The number of carbonyl (C=O) groups is 1. The van der Waals surface area contributed by atoms with Crippen molar-refractivity contribution in [1.82, 2.24) is 5.32 Å². The Bertz CT molecular complexity index is 408. The Morgan fingerprint density at radius 2 is 1.85 bits per heavy atom. The molecule has 0 aliphatic heterocycles. The Labute approximate surface area is 121 Å². The van der Waals surface area contributed by atoms with Gasteiger partial charge in [-0.2, -0.15) is 0 Å². The summed E-state index contributed by atoms with van der Waals surface area (Å²) in [4.78, 5) is 11.9. The molecule has 1 aromatic carbocycles. The molecule has 1 aliphatic rings. The highest BCUT2D eigenvalue weighted by molar-refractivity contribution is 5.94. The van der Waals surface area contributed by atoms with Crippen LogP contribution in [0.4, 0.5) is 0 Å². The number of unbranched alkanes of at least 4 members (excludes halogenated alkanes) is 1. The van der Waals surface area contributed by atoms with Crippen molar-refractivity contribution < 1.29 is 4.79 Å². The fourth-order valence-corrected chi connectivity index (χ4v) is 2.95. The summed E-state index contributed by atoms with van der Waals surface area (Å²) < 4.78 is 0. The minimum atomic E-state index is 0.0226. The van der Waals surface area contributed by atoms with E-state index in [9.17, 15) is 4.79 Å². The third-order valence-electron chi connectivity index (χ3n) is 4.25. The molecule has 1 amide bonds. The van der Waals surface area contributed by atoms with Gasteiger partial charge in [-0.05, 0) is 30.0 Å². The second-order valence-electron chi connectivity index (χ2n) is 5.80. The Hall–Kier alpha value is -1.35. The van der Waals surface area contributed by atoms with Gasteiger partial charge in [-0.25, -0.2) is 0 Å². The van der Waals surface area contributed by atoms with E-state index in [1.165, 1.54) is 38.5 Å². The van der Waals surface area contributed by atoms with E-state index in [0.29, 0.717) is 6.54 Å². The normalized spacial score (nSPS) is 15.4. The van der Waals surface area contributed by atoms with Crippen LogP contribution in [0.1, 0.15) is 60.9 Å². The predicted molar refractivity (Wildman–Crippen MR) is 82.5 cm³/mol. The molecule has 20 heavy (non-hydrogen) atoms. The summed E-state index contributed by atoms with van der Waals surface area (Å²) in [6, 6.07) is 7.51. The van der Waals surface area contributed by atoms with Crippen LogP contribution >= 0.6 is 0 Å². The molecular formula is C17H26N2O. The zero-order valence-electron chi connectivity index (χ0n) is 12.2. The lowest BCUT2D eigenvalue weighted by Crippen LogP contribution is -2.24. The maximum atomic E-state index is 11.9. The minimum Gasteiger partial charge on any atom is -0.352 e. The maximum absolute atomic E-state index is 11.9. The molecule has 0 bridgehead atoms. The van der Waals surface area contributed by atoms with Crippen LogP contribution in [0.5, 0.6) is 0 Å². The fraction of sp³-hybridized carbons (Fsp3) is 0.588. The van der Waals surface area contributed by atoms with Gasteiger partial charge in [0.1, 0.15) is 0 Å². The van der Waals surface area contributed by atoms with Crippen LogP contribution in [0, 0.1) is 5.92 Å². The molecule has 0 saturated heterocycles. The monoisotopic (exact) mass is 274 g/mol. The van der Waals surface area contributed by atoms with E-state index >= 15 is 0 Å². The molecule has 1 fully saturated rings. The number of nitrogens with one attached hydrogen (secondary N) is 1. The Morgan fingerprint density at radius 3 is 2.50 bits per heavy atom. The highest BCUT2D eigenvalue weighted by atomic mass is 16.1. The van der Waals surface area contributed by atoms with Crippen LogP contribution in [-0.4, -0.2) is 12.5 Å². The largest absolute Gasteiger partial charge is 0.352 e. The number of amides is 1. The molecule has 0 heterocycles. The predicted octanol–water partition coefficient (Wildman–Crippen LogP) is 3.24. The van der Waals surface area contributed by atoms with Crippen LogP contribution in [0.3, 0.4) is 0 Å². The summed E-state index contributed by atoms with van der Waals surface area (Å²) >= 11 is 0. The molecule has 0 atom stereocenters. The molecule has 2 rings (SSSR count). The summed E-state index contributed by atoms with van der Waals surface area (Å²) in [6.07, 6.45) is 9.32. The van der Waals surface area contributed by atoms with Gasteiger partial charge in [0.2, 0.25) is 0 Å². The Kier molecular flexibility index (Phi) is 6.06. The van der Waals surface area contributed by atoms with Gasteiger partial charge in [-0.15, -0.1) is 0 Å². The lowest BCUT2D eigenvalue weighted by molar-refractivity contribution is 0.0953. The molecule has 1 saturated carbocycles. The molecule has 0 unspecified atom stereocenters. The van der Waals surface area contributed by atoms with Crippen LogP contribution in [-0.2, 0) is 6.54 Å². The molecule has 3 heteroatoms. The number of rotatable bonds is 7. The first-order valence-electron chi connectivity index (χ1n) is 7.87. The summed E-state index contributed by atoms with van der Waals surface area (Å²) in [7, 11) is 0. The van der Waals surface area contributed by atoms with Crippen molar-refractivity contribution in [3.8, 4) is 0 Å². The molecule has 0 radical (unpaired) electrons. The van der Waals surface area contributed by atoms with Gasteiger partial charge in [0.15, 0.2) is 0 Å². The summed E-state index contributed by atoms with van der Waals surface area (Å²) in [5.74, 6) is 0.976. The van der Waals surface area contributed by atoms with E-state index in [4.69, 9.17) is 5.73 Å². The van der Waals surface area contributed by atoms with Gasteiger partial charge in [-0.1, -0.05) is 50.7 Å². The second-order valence-corrected chi connectivity index (χ2v) is 5.80. The average Bonchev–Trinajstić information content (AvgIpc) is 3.00. The molecule has 3 nitrogen and oxygen atoms in total. The fourth-order valence-electron chi connectivity index (χ4n) is 2.95. The Balaban J connectivity index is 1.61. The van der Waals surface area contributed by atoms with E-state index in [-0.39, 0.29) is 5.91 Å². The van der Waals surface area contributed by atoms with Crippen molar-refractivity contribution in [2.24, 2.45) is 11.7 Å². The third-order valence-corrected chi connectivity index (χ3v) is 4.25. The molecule has 1 aliphatic carbocycles. The number of benzene rings is 1. The second kappa shape index (κ2) is 8.05. The number of carbonyl (C=O) groups excluding carboxylic acids is 1.